The number of allylic oxidation sites excluding steroid dienone is 1. The van der Waals surface area contributed by atoms with Crippen LogP contribution in [0.1, 0.15) is 30.9 Å². The van der Waals surface area contributed by atoms with Gasteiger partial charge in [-0.2, -0.15) is 0 Å². The van der Waals surface area contributed by atoms with Gasteiger partial charge in [0.05, 0.1) is 0 Å². The quantitative estimate of drug-likeness (QED) is 0.689. The van der Waals surface area contributed by atoms with Gasteiger partial charge in [-0.05, 0) is 78.8 Å². The van der Waals surface area contributed by atoms with Gasteiger partial charge in [0.1, 0.15) is 0 Å². The molecule has 1 heterocycles. The average molecular weight is 360 g/mol. The van der Waals surface area contributed by atoms with E-state index in [0.717, 1.165) is 52.8 Å². The summed E-state index contributed by atoms with van der Waals surface area (Å²) >= 11 is 12.5. The van der Waals surface area contributed by atoms with Crippen LogP contribution in [0, 0.1) is 6.92 Å². The molecule has 1 aliphatic heterocycles. The van der Waals surface area contributed by atoms with Crippen LogP contribution in [0.5, 0.6) is 0 Å². The van der Waals surface area contributed by atoms with Crippen molar-refractivity contribution in [1.29, 1.82) is 0 Å². The van der Waals surface area contributed by atoms with Crippen molar-refractivity contribution in [2.75, 3.05) is 6.54 Å². The summed E-state index contributed by atoms with van der Waals surface area (Å²) in [5, 5.41) is 4.27. The summed E-state index contributed by atoms with van der Waals surface area (Å²) < 4.78 is 0. The molecule has 0 saturated carbocycles. The SMILES string of the molecule is C/C(=C1/CCCNC1=O)c1cc(Cl)cc(-c2cccc(Cl)c2)c1C. The van der Waals surface area contributed by atoms with E-state index in [-0.39, 0.29) is 5.91 Å². The number of carbonyl (C=O) groups is 1. The second-order valence-corrected chi connectivity index (χ2v) is 6.97. The highest BCUT2D eigenvalue weighted by molar-refractivity contribution is 6.31. The molecule has 0 spiro atoms. The average Bonchev–Trinajstić information content (AvgIpc) is 2.56. The van der Waals surface area contributed by atoms with Crippen molar-refractivity contribution in [3.8, 4) is 11.1 Å². The molecule has 1 aliphatic rings. The predicted molar refractivity (Wildman–Crippen MR) is 101 cm³/mol. The van der Waals surface area contributed by atoms with E-state index >= 15 is 0 Å². The Morgan fingerprint density at radius 1 is 1.12 bits per heavy atom. The molecular weight excluding hydrogens is 341 g/mol. The highest BCUT2D eigenvalue weighted by atomic mass is 35.5. The van der Waals surface area contributed by atoms with Gasteiger partial charge in [0.25, 0.3) is 0 Å². The number of hydrogen-bond donors (Lipinski definition) is 1. The first-order valence-corrected chi connectivity index (χ1v) is 8.77. The minimum Gasteiger partial charge on any atom is -0.352 e. The Bertz CT molecular complexity index is 840. The molecule has 0 bridgehead atoms. The minimum atomic E-state index is 0.0300. The first-order valence-electron chi connectivity index (χ1n) is 8.02. The van der Waals surface area contributed by atoms with E-state index in [9.17, 15) is 4.79 Å². The van der Waals surface area contributed by atoms with Crippen LogP contribution in [-0.4, -0.2) is 12.5 Å². The summed E-state index contributed by atoms with van der Waals surface area (Å²) in [6, 6.07) is 11.6. The lowest BCUT2D eigenvalue weighted by Gasteiger charge is -2.20. The second kappa shape index (κ2) is 7.00. The third kappa shape index (κ3) is 3.35. The largest absolute Gasteiger partial charge is 0.352 e. The van der Waals surface area contributed by atoms with Gasteiger partial charge < -0.3 is 5.32 Å². The number of piperidine rings is 1. The van der Waals surface area contributed by atoms with Crippen LogP contribution in [0.25, 0.3) is 16.7 Å². The number of nitrogens with one attached hydrogen (secondary N) is 1. The third-order valence-corrected chi connectivity index (χ3v) is 4.98. The molecule has 24 heavy (non-hydrogen) atoms. The number of carbonyl (C=O) groups excluding carboxylic acids is 1. The molecule has 2 aromatic carbocycles. The standard InChI is InChI=1S/C20H19Cl2NO/c1-12(17-7-4-8-23-20(17)24)18-10-16(22)11-19(13(18)2)14-5-3-6-15(21)9-14/h3,5-6,9-11H,4,7-8H2,1-2H3,(H,23,24)/b17-12+. The van der Waals surface area contributed by atoms with E-state index in [4.69, 9.17) is 23.2 Å². The number of amides is 1. The fraction of sp³-hybridized carbons (Fsp3) is 0.250. The smallest absolute Gasteiger partial charge is 0.247 e. The molecule has 0 aliphatic carbocycles. The van der Waals surface area contributed by atoms with Crippen molar-refractivity contribution >= 4 is 34.7 Å². The third-order valence-electron chi connectivity index (χ3n) is 4.53. The molecular formula is C20H19Cl2NO. The Kier molecular flexibility index (Phi) is 4.98. The molecule has 1 saturated heterocycles. The summed E-state index contributed by atoms with van der Waals surface area (Å²) in [6.07, 6.45) is 1.77. The van der Waals surface area contributed by atoms with Crippen LogP contribution in [0.15, 0.2) is 42.0 Å². The Balaban J connectivity index is 2.16. The van der Waals surface area contributed by atoms with E-state index in [1.165, 1.54) is 0 Å². The number of benzene rings is 2. The Morgan fingerprint density at radius 2 is 1.92 bits per heavy atom. The topological polar surface area (TPSA) is 29.1 Å². The molecule has 4 heteroatoms. The lowest BCUT2D eigenvalue weighted by molar-refractivity contribution is -0.118. The van der Waals surface area contributed by atoms with Gasteiger partial charge in [-0.25, -0.2) is 0 Å². The van der Waals surface area contributed by atoms with E-state index in [2.05, 4.69) is 12.2 Å². The maximum absolute atomic E-state index is 12.2. The zero-order valence-electron chi connectivity index (χ0n) is 13.7. The monoisotopic (exact) mass is 359 g/mol. The van der Waals surface area contributed by atoms with Gasteiger partial charge in [0.15, 0.2) is 0 Å². The molecule has 124 valence electrons. The lowest BCUT2D eigenvalue weighted by atomic mass is 9.89. The molecule has 0 atom stereocenters. The van der Waals surface area contributed by atoms with E-state index in [1.807, 2.05) is 43.3 Å². The van der Waals surface area contributed by atoms with Crippen molar-refractivity contribution in [2.24, 2.45) is 0 Å². The number of halogens is 2. The van der Waals surface area contributed by atoms with Gasteiger partial charge in [-0.15, -0.1) is 0 Å². The fourth-order valence-electron chi connectivity index (χ4n) is 3.23. The molecule has 0 radical (unpaired) electrons. The molecule has 3 rings (SSSR count). The predicted octanol–water partition coefficient (Wildman–Crippen LogP) is 5.65. The first-order chi connectivity index (χ1) is 11.5. The minimum absolute atomic E-state index is 0.0300. The fourth-order valence-corrected chi connectivity index (χ4v) is 3.64. The molecule has 1 fully saturated rings. The molecule has 1 amide bonds. The number of rotatable bonds is 2. The van der Waals surface area contributed by atoms with Crippen LogP contribution in [-0.2, 0) is 4.79 Å². The van der Waals surface area contributed by atoms with Crippen molar-refractivity contribution in [3.63, 3.8) is 0 Å². The summed E-state index contributed by atoms with van der Waals surface area (Å²) in [4.78, 5) is 12.2. The van der Waals surface area contributed by atoms with Crippen molar-refractivity contribution < 1.29 is 4.79 Å². The highest BCUT2D eigenvalue weighted by Crippen LogP contribution is 2.35. The van der Waals surface area contributed by atoms with E-state index in [1.54, 1.807) is 0 Å². The lowest BCUT2D eigenvalue weighted by Crippen LogP contribution is -2.31. The maximum Gasteiger partial charge on any atom is 0.247 e. The van der Waals surface area contributed by atoms with Crippen LogP contribution in [0.4, 0.5) is 0 Å². The van der Waals surface area contributed by atoms with Crippen molar-refractivity contribution in [1.82, 2.24) is 5.32 Å². The van der Waals surface area contributed by atoms with Crippen molar-refractivity contribution in [3.05, 3.63) is 63.1 Å². The summed E-state index contributed by atoms with van der Waals surface area (Å²) in [5.41, 5.74) is 6.03. The molecule has 0 unspecified atom stereocenters. The second-order valence-electron chi connectivity index (χ2n) is 6.10. The van der Waals surface area contributed by atoms with E-state index in [0.29, 0.717) is 10.0 Å². The normalized spacial score (nSPS) is 16.8. The molecule has 2 nitrogen and oxygen atoms in total. The summed E-state index contributed by atoms with van der Waals surface area (Å²) in [5.74, 6) is 0.0300. The molecule has 1 N–H and O–H groups in total. The zero-order valence-corrected chi connectivity index (χ0v) is 15.3. The Labute approximate surface area is 152 Å². The Morgan fingerprint density at radius 3 is 2.62 bits per heavy atom. The van der Waals surface area contributed by atoms with Gasteiger partial charge in [0.2, 0.25) is 5.91 Å². The molecule has 0 aromatic heterocycles. The van der Waals surface area contributed by atoms with Crippen LogP contribution in [0.2, 0.25) is 10.0 Å². The Hall–Kier alpha value is -1.77. The van der Waals surface area contributed by atoms with Gasteiger partial charge in [-0.1, -0.05) is 35.3 Å². The first kappa shape index (κ1) is 17.1. The van der Waals surface area contributed by atoms with Crippen molar-refractivity contribution in [2.45, 2.75) is 26.7 Å². The van der Waals surface area contributed by atoms with Gasteiger partial charge in [0, 0.05) is 22.2 Å². The van der Waals surface area contributed by atoms with Crippen LogP contribution in [0.3, 0.4) is 0 Å². The van der Waals surface area contributed by atoms with Gasteiger partial charge in [-0.3, -0.25) is 4.79 Å². The highest BCUT2D eigenvalue weighted by Gasteiger charge is 2.19. The van der Waals surface area contributed by atoms with Crippen LogP contribution < -0.4 is 5.32 Å². The number of hydrogen-bond acceptors (Lipinski definition) is 1. The summed E-state index contributed by atoms with van der Waals surface area (Å²) in [7, 11) is 0. The summed E-state index contributed by atoms with van der Waals surface area (Å²) in [6.45, 7) is 4.81. The zero-order chi connectivity index (χ0) is 17.3. The van der Waals surface area contributed by atoms with Crippen LogP contribution >= 0.6 is 23.2 Å². The van der Waals surface area contributed by atoms with Gasteiger partial charge >= 0.3 is 0 Å². The van der Waals surface area contributed by atoms with E-state index < -0.39 is 0 Å². The maximum atomic E-state index is 12.2. The molecule has 2 aromatic rings.